The molecule has 0 radical (unpaired) electrons. The zero-order valence-electron chi connectivity index (χ0n) is 14.1. The number of carbonyl (C=O) groups excluding carboxylic acids is 3. The van der Waals surface area contributed by atoms with E-state index in [-0.39, 0.29) is 24.7 Å². The molecule has 1 aliphatic rings. The van der Waals surface area contributed by atoms with Crippen LogP contribution in [0.25, 0.3) is 0 Å². The average Bonchev–Trinajstić information content (AvgIpc) is 2.89. The third-order valence-corrected chi connectivity index (χ3v) is 4.12. The maximum Gasteiger partial charge on any atom is 0.256 e. The van der Waals surface area contributed by atoms with Crippen molar-refractivity contribution in [1.29, 1.82) is 0 Å². The van der Waals surface area contributed by atoms with Gasteiger partial charge in [0.2, 0.25) is 5.91 Å². The Kier molecular flexibility index (Phi) is 4.88. The van der Waals surface area contributed by atoms with E-state index in [9.17, 15) is 19.5 Å². The average molecular weight is 353 g/mol. The summed E-state index contributed by atoms with van der Waals surface area (Å²) in [6.07, 6.45) is -0.152. The molecule has 1 N–H and O–H groups in total. The number of hydrogen-bond acceptors (Lipinski definition) is 6. The lowest BCUT2D eigenvalue weighted by atomic mass is 10.1. The number of para-hydroxylation sites is 2. The molecular weight excluding hydrogens is 336 g/mol. The molecule has 2 aromatic carbocycles. The monoisotopic (exact) mass is 353 g/mol. The molecule has 134 valence electrons. The molecule has 2 amide bonds. The SMILES string of the molecule is COc1ccccc1N1C(=O)C[C@H](Nc2ccc(CC(=O)[O-])cc2)C1=O. The first-order chi connectivity index (χ1) is 12.5. The number of rotatable bonds is 6. The molecule has 0 bridgehead atoms. The van der Waals surface area contributed by atoms with Crippen LogP contribution >= 0.6 is 0 Å². The molecule has 7 heteroatoms. The highest BCUT2D eigenvalue weighted by atomic mass is 16.5. The molecule has 2 aromatic rings. The van der Waals surface area contributed by atoms with Gasteiger partial charge in [0.05, 0.1) is 19.2 Å². The molecule has 0 spiro atoms. The van der Waals surface area contributed by atoms with Crippen LogP contribution in [0.4, 0.5) is 11.4 Å². The standard InChI is InChI=1S/C19H18N2O5/c1-26-16-5-3-2-4-15(16)21-17(22)11-14(19(21)25)20-13-8-6-12(7-9-13)10-18(23)24/h2-9,14,20H,10-11H2,1H3,(H,23,24)/p-1/t14-/m0/s1. The molecule has 1 saturated heterocycles. The zero-order chi connectivity index (χ0) is 18.7. The molecule has 0 unspecified atom stereocenters. The number of nitrogens with one attached hydrogen (secondary N) is 1. The van der Waals surface area contributed by atoms with Gasteiger partial charge in [0.1, 0.15) is 11.8 Å². The predicted molar refractivity (Wildman–Crippen MR) is 92.7 cm³/mol. The lowest BCUT2D eigenvalue weighted by Crippen LogP contribution is -2.35. The van der Waals surface area contributed by atoms with E-state index in [2.05, 4.69) is 5.32 Å². The third kappa shape index (κ3) is 3.51. The topological polar surface area (TPSA) is 98.8 Å². The van der Waals surface area contributed by atoms with Gasteiger partial charge in [-0.2, -0.15) is 0 Å². The maximum absolute atomic E-state index is 12.7. The van der Waals surface area contributed by atoms with Crippen LogP contribution in [0.3, 0.4) is 0 Å². The number of imide groups is 1. The van der Waals surface area contributed by atoms with E-state index in [0.717, 1.165) is 4.90 Å². The molecule has 1 atom stereocenters. The minimum absolute atomic E-state index is 0.0255. The second-order valence-electron chi connectivity index (χ2n) is 5.89. The summed E-state index contributed by atoms with van der Waals surface area (Å²) < 4.78 is 5.23. The Bertz CT molecular complexity index is 847. The lowest BCUT2D eigenvalue weighted by molar-refractivity contribution is -0.304. The number of benzene rings is 2. The van der Waals surface area contributed by atoms with Gasteiger partial charge < -0.3 is 20.0 Å². The van der Waals surface area contributed by atoms with E-state index in [4.69, 9.17) is 4.74 Å². The van der Waals surface area contributed by atoms with Crippen molar-refractivity contribution in [2.24, 2.45) is 0 Å². The van der Waals surface area contributed by atoms with Crippen molar-refractivity contribution in [3.05, 3.63) is 54.1 Å². The number of amides is 2. The quantitative estimate of drug-likeness (QED) is 0.769. The summed E-state index contributed by atoms with van der Waals surface area (Å²) in [7, 11) is 1.48. The summed E-state index contributed by atoms with van der Waals surface area (Å²) in [5, 5.41) is 13.6. The second kappa shape index (κ2) is 7.26. The van der Waals surface area contributed by atoms with E-state index in [1.807, 2.05) is 0 Å². The zero-order valence-corrected chi connectivity index (χ0v) is 14.1. The Balaban J connectivity index is 1.76. The van der Waals surface area contributed by atoms with Gasteiger partial charge in [-0.3, -0.25) is 9.59 Å². The highest BCUT2D eigenvalue weighted by Gasteiger charge is 2.40. The van der Waals surface area contributed by atoms with Gasteiger partial charge in [-0.05, 0) is 29.8 Å². The Morgan fingerprint density at radius 3 is 2.54 bits per heavy atom. The van der Waals surface area contributed by atoms with Crippen molar-refractivity contribution >= 4 is 29.2 Å². The van der Waals surface area contributed by atoms with Crippen LogP contribution in [0.5, 0.6) is 5.75 Å². The predicted octanol–water partition coefficient (Wildman–Crippen LogP) is 0.732. The summed E-state index contributed by atoms with van der Waals surface area (Å²) in [5.74, 6) is -1.39. The van der Waals surface area contributed by atoms with Gasteiger partial charge in [0.25, 0.3) is 5.91 Å². The minimum atomic E-state index is -1.16. The van der Waals surface area contributed by atoms with Gasteiger partial charge in [-0.1, -0.05) is 24.3 Å². The fourth-order valence-electron chi connectivity index (χ4n) is 2.90. The molecular formula is C19H17N2O5-. The molecule has 1 fully saturated rings. The Hall–Kier alpha value is -3.35. The Morgan fingerprint density at radius 2 is 1.88 bits per heavy atom. The molecule has 1 aliphatic heterocycles. The van der Waals surface area contributed by atoms with Gasteiger partial charge in [-0.15, -0.1) is 0 Å². The van der Waals surface area contributed by atoms with E-state index in [0.29, 0.717) is 22.7 Å². The van der Waals surface area contributed by atoms with Crippen molar-refractivity contribution in [1.82, 2.24) is 0 Å². The third-order valence-electron chi connectivity index (χ3n) is 4.12. The highest BCUT2D eigenvalue weighted by molar-refractivity contribution is 6.23. The summed E-state index contributed by atoms with van der Waals surface area (Å²) in [6.45, 7) is 0. The lowest BCUT2D eigenvalue weighted by Gasteiger charge is -2.18. The summed E-state index contributed by atoms with van der Waals surface area (Å²) >= 11 is 0. The van der Waals surface area contributed by atoms with Crippen molar-refractivity contribution < 1.29 is 24.2 Å². The molecule has 1 heterocycles. The number of aliphatic carboxylic acids is 1. The molecule has 26 heavy (non-hydrogen) atoms. The summed E-state index contributed by atoms with van der Waals surface area (Å²) in [6, 6.07) is 12.8. The fourth-order valence-corrected chi connectivity index (χ4v) is 2.90. The van der Waals surface area contributed by atoms with Gasteiger partial charge >= 0.3 is 0 Å². The van der Waals surface area contributed by atoms with Crippen LogP contribution in [-0.4, -0.2) is 30.9 Å². The first-order valence-electron chi connectivity index (χ1n) is 8.04. The van der Waals surface area contributed by atoms with Crippen LogP contribution in [0, 0.1) is 0 Å². The second-order valence-corrected chi connectivity index (χ2v) is 5.89. The highest BCUT2D eigenvalue weighted by Crippen LogP contribution is 2.32. The number of carbonyl (C=O) groups is 3. The van der Waals surface area contributed by atoms with E-state index in [1.54, 1.807) is 48.5 Å². The van der Waals surface area contributed by atoms with E-state index < -0.39 is 12.0 Å². The van der Waals surface area contributed by atoms with E-state index >= 15 is 0 Å². The Labute approximate surface area is 150 Å². The molecule has 0 aliphatic carbocycles. The summed E-state index contributed by atoms with van der Waals surface area (Å²) in [5.41, 5.74) is 1.64. The van der Waals surface area contributed by atoms with Crippen molar-refractivity contribution in [3.8, 4) is 5.75 Å². The van der Waals surface area contributed by atoms with Gasteiger partial charge in [0, 0.05) is 18.1 Å². The number of hydrogen-bond donors (Lipinski definition) is 1. The van der Waals surface area contributed by atoms with Crippen molar-refractivity contribution in [2.75, 3.05) is 17.3 Å². The normalized spacial score (nSPS) is 16.7. The van der Waals surface area contributed by atoms with Gasteiger partial charge in [-0.25, -0.2) is 4.90 Å². The smallest absolute Gasteiger partial charge is 0.256 e. The number of ether oxygens (including phenoxy) is 1. The van der Waals surface area contributed by atoms with Crippen molar-refractivity contribution in [2.45, 2.75) is 18.9 Å². The van der Waals surface area contributed by atoms with Crippen LogP contribution in [0.15, 0.2) is 48.5 Å². The van der Waals surface area contributed by atoms with Gasteiger partial charge in [0.15, 0.2) is 0 Å². The van der Waals surface area contributed by atoms with Crippen molar-refractivity contribution in [3.63, 3.8) is 0 Å². The number of carboxylic acid groups (broad SMARTS) is 1. The summed E-state index contributed by atoms with van der Waals surface area (Å²) in [4.78, 5) is 36.8. The fraction of sp³-hybridized carbons (Fsp3) is 0.211. The Morgan fingerprint density at radius 1 is 1.19 bits per heavy atom. The number of nitrogens with zero attached hydrogens (tertiary/aromatic N) is 1. The van der Waals surface area contributed by atoms with Crippen LogP contribution < -0.4 is 20.1 Å². The number of anilines is 2. The first-order valence-corrected chi connectivity index (χ1v) is 8.04. The number of methoxy groups -OCH3 is 1. The molecule has 0 saturated carbocycles. The van der Waals surface area contributed by atoms with Crippen LogP contribution in [0.2, 0.25) is 0 Å². The maximum atomic E-state index is 12.7. The molecule has 3 rings (SSSR count). The minimum Gasteiger partial charge on any atom is -0.550 e. The van der Waals surface area contributed by atoms with E-state index in [1.165, 1.54) is 7.11 Å². The molecule has 7 nitrogen and oxygen atoms in total. The van der Waals surface area contributed by atoms with Crippen LogP contribution in [0.1, 0.15) is 12.0 Å². The van der Waals surface area contributed by atoms with Crippen LogP contribution in [-0.2, 0) is 20.8 Å². The number of carboxylic acids is 1. The molecule has 0 aromatic heterocycles. The first kappa shape index (κ1) is 17.5. The largest absolute Gasteiger partial charge is 0.550 e.